The van der Waals surface area contributed by atoms with Crippen LogP contribution in [0.3, 0.4) is 0 Å². The van der Waals surface area contributed by atoms with Gasteiger partial charge in [-0.15, -0.1) is 0 Å². The summed E-state index contributed by atoms with van der Waals surface area (Å²) in [6.45, 7) is 2.84. The van der Waals surface area contributed by atoms with Gasteiger partial charge in [-0.25, -0.2) is 0 Å². The lowest BCUT2D eigenvalue weighted by molar-refractivity contribution is -0.132. The van der Waals surface area contributed by atoms with Crippen molar-refractivity contribution in [2.24, 2.45) is 0 Å². The molecule has 0 aliphatic heterocycles. The van der Waals surface area contributed by atoms with E-state index in [1.807, 2.05) is 67.6 Å². The first-order valence-electron chi connectivity index (χ1n) is 8.61. The molecule has 1 heterocycles. The standard InChI is InChI=1S/C21H22N2O3/c1-3-21(24)23(14-16-7-5-4-6-8-16)15-18-13-20(26-22-18)17-9-11-19(25-2)12-10-17/h4-13H,3,14-15H2,1-2H3. The third kappa shape index (κ3) is 4.30. The number of rotatable bonds is 7. The summed E-state index contributed by atoms with van der Waals surface area (Å²) in [5, 5.41) is 4.13. The fourth-order valence-corrected chi connectivity index (χ4v) is 2.73. The molecule has 26 heavy (non-hydrogen) atoms. The van der Waals surface area contributed by atoms with Crippen molar-refractivity contribution in [3.8, 4) is 17.1 Å². The molecule has 3 aromatic rings. The van der Waals surface area contributed by atoms with E-state index < -0.39 is 0 Å². The number of ether oxygens (including phenoxy) is 1. The van der Waals surface area contributed by atoms with Crippen LogP contribution >= 0.6 is 0 Å². The number of nitrogens with zero attached hydrogens (tertiary/aromatic N) is 2. The van der Waals surface area contributed by atoms with Gasteiger partial charge in [-0.05, 0) is 29.8 Å². The zero-order chi connectivity index (χ0) is 18.4. The lowest BCUT2D eigenvalue weighted by Crippen LogP contribution is -2.29. The summed E-state index contributed by atoms with van der Waals surface area (Å²) in [4.78, 5) is 14.1. The number of aromatic nitrogens is 1. The van der Waals surface area contributed by atoms with Crippen LogP contribution in [0.2, 0.25) is 0 Å². The maximum Gasteiger partial charge on any atom is 0.222 e. The molecule has 2 aromatic carbocycles. The predicted octanol–water partition coefficient (Wildman–Crippen LogP) is 4.29. The van der Waals surface area contributed by atoms with Crippen LogP contribution < -0.4 is 4.74 Å². The van der Waals surface area contributed by atoms with E-state index in [1.54, 1.807) is 12.0 Å². The second-order valence-electron chi connectivity index (χ2n) is 6.00. The number of hydrogen-bond donors (Lipinski definition) is 0. The molecule has 5 nitrogen and oxygen atoms in total. The minimum absolute atomic E-state index is 0.0860. The van der Waals surface area contributed by atoms with Gasteiger partial charge >= 0.3 is 0 Å². The average molecular weight is 350 g/mol. The molecule has 0 saturated heterocycles. The average Bonchev–Trinajstić information content (AvgIpc) is 3.16. The summed E-state index contributed by atoms with van der Waals surface area (Å²) in [5.41, 5.74) is 2.74. The highest BCUT2D eigenvalue weighted by molar-refractivity contribution is 5.75. The van der Waals surface area contributed by atoms with Gasteiger partial charge < -0.3 is 14.2 Å². The maximum atomic E-state index is 12.3. The second kappa shape index (κ2) is 8.34. The van der Waals surface area contributed by atoms with Gasteiger partial charge in [0, 0.05) is 24.6 Å². The van der Waals surface area contributed by atoms with Crippen molar-refractivity contribution in [3.05, 3.63) is 71.9 Å². The molecular formula is C21H22N2O3. The van der Waals surface area contributed by atoms with Crippen molar-refractivity contribution in [1.82, 2.24) is 10.1 Å². The van der Waals surface area contributed by atoms with E-state index in [9.17, 15) is 4.79 Å². The van der Waals surface area contributed by atoms with Crippen LogP contribution in [0.4, 0.5) is 0 Å². The Morgan fingerprint density at radius 2 is 1.81 bits per heavy atom. The first-order chi connectivity index (χ1) is 12.7. The van der Waals surface area contributed by atoms with Crippen molar-refractivity contribution in [3.63, 3.8) is 0 Å². The van der Waals surface area contributed by atoms with Crippen LogP contribution in [0, 0.1) is 0 Å². The quantitative estimate of drug-likeness (QED) is 0.638. The Morgan fingerprint density at radius 1 is 1.08 bits per heavy atom. The van der Waals surface area contributed by atoms with Crippen LogP contribution in [0.5, 0.6) is 5.75 Å². The topological polar surface area (TPSA) is 55.6 Å². The summed E-state index contributed by atoms with van der Waals surface area (Å²) in [6, 6.07) is 19.4. The van der Waals surface area contributed by atoms with Gasteiger partial charge in [0.25, 0.3) is 0 Å². The smallest absolute Gasteiger partial charge is 0.222 e. The van der Waals surface area contributed by atoms with Crippen molar-refractivity contribution < 1.29 is 14.1 Å². The minimum Gasteiger partial charge on any atom is -0.497 e. The Bertz CT molecular complexity index is 841. The van der Waals surface area contributed by atoms with Crippen molar-refractivity contribution in [2.75, 3.05) is 7.11 Å². The monoisotopic (exact) mass is 350 g/mol. The van der Waals surface area contributed by atoms with E-state index in [1.165, 1.54) is 0 Å². The van der Waals surface area contributed by atoms with Crippen LogP contribution in [0.15, 0.2) is 65.2 Å². The van der Waals surface area contributed by atoms with E-state index >= 15 is 0 Å². The molecule has 0 radical (unpaired) electrons. The highest BCUT2D eigenvalue weighted by atomic mass is 16.5. The van der Waals surface area contributed by atoms with Crippen molar-refractivity contribution >= 4 is 5.91 Å². The molecule has 0 fully saturated rings. The molecule has 1 amide bonds. The summed E-state index contributed by atoms with van der Waals surface area (Å²) >= 11 is 0. The van der Waals surface area contributed by atoms with E-state index in [0.29, 0.717) is 25.3 Å². The van der Waals surface area contributed by atoms with E-state index in [2.05, 4.69) is 5.16 Å². The molecule has 134 valence electrons. The zero-order valence-corrected chi connectivity index (χ0v) is 15.0. The third-order valence-corrected chi connectivity index (χ3v) is 4.16. The van der Waals surface area contributed by atoms with Gasteiger partial charge in [0.15, 0.2) is 5.76 Å². The summed E-state index contributed by atoms with van der Waals surface area (Å²) in [6.07, 6.45) is 0.454. The molecule has 0 atom stereocenters. The van der Waals surface area contributed by atoms with Crippen LogP contribution in [-0.4, -0.2) is 23.1 Å². The molecule has 0 unspecified atom stereocenters. The van der Waals surface area contributed by atoms with Gasteiger partial charge in [0.05, 0.1) is 13.7 Å². The van der Waals surface area contributed by atoms with Crippen molar-refractivity contribution in [1.29, 1.82) is 0 Å². The van der Waals surface area contributed by atoms with Gasteiger partial charge in [0.2, 0.25) is 5.91 Å². The van der Waals surface area contributed by atoms with Gasteiger partial charge in [0.1, 0.15) is 11.4 Å². The van der Waals surface area contributed by atoms with Crippen molar-refractivity contribution in [2.45, 2.75) is 26.4 Å². The Kier molecular flexibility index (Phi) is 5.69. The summed E-state index contributed by atoms with van der Waals surface area (Å²) < 4.78 is 10.6. The van der Waals surface area contributed by atoms with Crippen LogP contribution in [0.1, 0.15) is 24.6 Å². The molecule has 5 heteroatoms. The number of methoxy groups -OCH3 is 1. The molecule has 3 rings (SSSR count). The van der Waals surface area contributed by atoms with E-state index in [0.717, 1.165) is 22.6 Å². The first kappa shape index (κ1) is 17.7. The Balaban J connectivity index is 1.74. The molecule has 0 saturated carbocycles. The number of benzene rings is 2. The highest BCUT2D eigenvalue weighted by Crippen LogP contribution is 2.24. The number of hydrogen-bond acceptors (Lipinski definition) is 4. The Labute approximate surface area is 153 Å². The fourth-order valence-electron chi connectivity index (χ4n) is 2.73. The van der Waals surface area contributed by atoms with Gasteiger partial charge in [-0.3, -0.25) is 4.79 Å². The lowest BCUT2D eigenvalue weighted by atomic mass is 10.1. The molecular weight excluding hydrogens is 328 g/mol. The summed E-state index contributed by atoms with van der Waals surface area (Å²) in [7, 11) is 1.63. The summed E-state index contributed by atoms with van der Waals surface area (Å²) in [5.74, 6) is 1.55. The molecule has 0 spiro atoms. The second-order valence-corrected chi connectivity index (χ2v) is 6.00. The van der Waals surface area contributed by atoms with Gasteiger partial charge in [-0.1, -0.05) is 42.4 Å². The molecule has 0 aliphatic carbocycles. The predicted molar refractivity (Wildman–Crippen MR) is 99.5 cm³/mol. The first-order valence-corrected chi connectivity index (χ1v) is 8.61. The highest BCUT2D eigenvalue weighted by Gasteiger charge is 2.16. The molecule has 1 aromatic heterocycles. The largest absolute Gasteiger partial charge is 0.497 e. The minimum atomic E-state index is 0.0860. The number of carbonyl (C=O) groups is 1. The fraction of sp³-hybridized carbons (Fsp3) is 0.238. The number of carbonyl (C=O) groups excluding carboxylic acids is 1. The molecule has 0 aliphatic rings. The lowest BCUT2D eigenvalue weighted by Gasteiger charge is -2.21. The molecule has 0 bridgehead atoms. The van der Waals surface area contributed by atoms with Crippen LogP contribution in [0.25, 0.3) is 11.3 Å². The maximum absolute atomic E-state index is 12.3. The van der Waals surface area contributed by atoms with E-state index in [-0.39, 0.29) is 5.91 Å². The Hall–Kier alpha value is -3.08. The third-order valence-electron chi connectivity index (χ3n) is 4.16. The SMILES string of the molecule is CCC(=O)N(Cc1ccccc1)Cc1cc(-c2ccc(OC)cc2)on1. The molecule has 0 N–H and O–H groups in total. The number of amides is 1. The normalized spacial score (nSPS) is 10.5. The van der Waals surface area contributed by atoms with Gasteiger partial charge in [-0.2, -0.15) is 0 Å². The zero-order valence-electron chi connectivity index (χ0n) is 15.0. The van der Waals surface area contributed by atoms with E-state index in [4.69, 9.17) is 9.26 Å². The van der Waals surface area contributed by atoms with Crippen LogP contribution in [-0.2, 0) is 17.9 Å². The Morgan fingerprint density at radius 3 is 2.46 bits per heavy atom.